The minimum absolute atomic E-state index is 0.0919. The van der Waals surface area contributed by atoms with Crippen molar-refractivity contribution in [3.8, 4) is 6.07 Å². The molecule has 0 aliphatic heterocycles. The molecule has 0 fully saturated rings. The summed E-state index contributed by atoms with van der Waals surface area (Å²) in [6.45, 7) is 6.70. The summed E-state index contributed by atoms with van der Waals surface area (Å²) >= 11 is 5.69. The Labute approximate surface area is 112 Å². The summed E-state index contributed by atoms with van der Waals surface area (Å²) in [5.41, 5.74) is -0.601. The van der Waals surface area contributed by atoms with Crippen LogP contribution in [0.5, 0.6) is 0 Å². The molecule has 1 atom stereocenters. The summed E-state index contributed by atoms with van der Waals surface area (Å²) in [5, 5.41) is 16.3. The maximum Gasteiger partial charge on any atom is 0.330 e. The van der Waals surface area contributed by atoms with Gasteiger partial charge < -0.3 is 4.74 Å². The highest BCUT2D eigenvalue weighted by atomic mass is 35.5. The third kappa shape index (κ3) is 6.16. The molecular weight excluding hydrogens is 254 g/mol. The fraction of sp³-hybridized carbons (Fsp3) is 0.500. The maximum absolute atomic E-state index is 11.8. The molecule has 5 nitrogen and oxygen atoms in total. The smallest absolute Gasteiger partial charge is 0.330 e. The Kier molecular flexibility index (Phi) is 6.28. The van der Waals surface area contributed by atoms with Crippen molar-refractivity contribution in [1.82, 2.24) is 0 Å². The molecule has 0 aromatic carbocycles. The third-order valence-corrected chi connectivity index (χ3v) is 1.74. The normalized spacial score (nSPS) is 14.7. The van der Waals surface area contributed by atoms with E-state index in [2.05, 4.69) is 4.99 Å². The lowest BCUT2D eigenvalue weighted by atomic mass is 10.0. The number of hydrogen-bond donors (Lipinski definition) is 1. The summed E-state index contributed by atoms with van der Waals surface area (Å²) in [6.07, 6.45) is 2.12. The lowest BCUT2D eigenvalue weighted by molar-refractivity contribution is -0.155. The lowest BCUT2D eigenvalue weighted by Crippen LogP contribution is -2.31. The SMILES string of the molecule is C/C(Cl)=C\C(=N/C=N)C(C#N)C(=O)OC(C)(C)C. The van der Waals surface area contributed by atoms with Gasteiger partial charge >= 0.3 is 5.97 Å². The number of hydrogen-bond acceptors (Lipinski definition) is 4. The van der Waals surface area contributed by atoms with Crippen molar-refractivity contribution in [2.24, 2.45) is 10.9 Å². The number of allylic oxidation sites excluding steroid dienone is 2. The largest absolute Gasteiger partial charge is 0.459 e. The van der Waals surface area contributed by atoms with E-state index in [4.69, 9.17) is 27.0 Å². The molecule has 0 rings (SSSR count). The number of aliphatic imine (C=N–C) groups is 1. The number of nitrogens with one attached hydrogen (secondary N) is 1. The van der Waals surface area contributed by atoms with Crippen molar-refractivity contribution in [2.45, 2.75) is 33.3 Å². The first kappa shape index (κ1) is 16.3. The number of carbonyl (C=O) groups excluding carboxylic acids is 1. The van der Waals surface area contributed by atoms with E-state index < -0.39 is 17.5 Å². The Bertz CT molecular complexity index is 424. The van der Waals surface area contributed by atoms with Crippen LogP contribution in [0.1, 0.15) is 27.7 Å². The van der Waals surface area contributed by atoms with Crippen LogP contribution >= 0.6 is 11.6 Å². The van der Waals surface area contributed by atoms with Crippen LogP contribution in [-0.2, 0) is 9.53 Å². The number of nitriles is 1. The Hall–Kier alpha value is -1.67. The molecule has 18 heavy (non-hydrogen) atoms. The van der Waals surface area contributed by atoms with Crippen LogP contribution in [0.3, 0.4) is 0 Å². The van der Waals surface area contributed by atoms with Crippen molar-refractivity contribution >= 4 is 29.6 Å². The van der Waals surface area contributed by atoms with Crippen LogP contribution in [0.25, 0.3) is 0 Å². The number of nitrogens with zero attached hydrogens (tertiary/aromatic N) is 2. The number of esters is 1. The van der Waals surface area contributed by atoms with Gasteiger partial charge in [0.2, 0.25) is 0 Å². The van der Waals surface area contributed by atoms with Gasteiger partial charge in [0.15, 0.2) is 5.92 Å². The van der Waals surface area contributed by atoms with Gasteiger partial charge in [-0.15, -0.1) is 0 Å². The average Bonchev–Trinajstić information content (AvgIpc) is 2.14. The van der Waals surface area contributed by atoms with Gasteiger partial charge in [-0.25, -0.2) is 4.99 Å². The second kappa shape index (κ2) is 6.92. The van der Waals surface area contributed by atoms with E-state index in [-0.39, 0.29) is 5.71 Å². The monoisotopic (exact) mass is 269 g/mol. The predicted molar refractivity (Wildman–Crippen MR) is 70.8 cm³/mol. The van der Waals surface area contributed by atoms with Crippen molar-refractivity contribution < 1.29 is 9.53 Å². The summed E-state index contributed by atoms with van der Waals surface area (Å²) in [6, 6.07) is 1.80. The van der Waals surface area contributed by atoms with Gasteiger partial charge in [-0.2, -0.15) is 5.26 Å². The molecule has 0 aliphatic rings. The van der Waals surface area contributed by atoms with Gasteiger partial charge in [0.1, 0.15) is 11.9 Å². The summed E-state index contributed by atoms with van der Waals surface area (Å²) in [4.78, 5) is 15.5. The maximum atomic E-state index is 11.8. The van der Waals surface area contributed by atoms with Crippen molar-refractivity contribution in [3.05, 3.63) is 11.1 Å². The molecule has 0 saturated heterocycles. The molecule has 0 radical (unpaired) electrons. The highest BCUT2D eigenvalue weighted by Crippen LogP contribution is 2.14. The molecule has 1 N–H and O–H groups in total. The van der Waals surface area contributed by atoms with Crippen molar-refractivity contribution in [1.29, 1.82) is 10.7 Å². The van der Waals surface area contributed by atoms with Gasteiger partial charge in [0.05, 0.1) is 11.8 Å². The van der Waals surface area contributed by atoms with Gasteiger partial charge in [-0.1, -0.05) is 11.6 Å². The fourth-order valence-electron chi connectivity index (χ4n) is 1.07. The summed E-state index contributed by atoms with van der Waals surface area (Å²) < 4.78 is 5.11. The van der Waals surface area contributed by atoms with E-state index in [0.29, 0.717) is 5.03 Å². The van der Waals surface area contributed by atoms with Gasteiger partial charge in [-0.05, 0) is 33.8 Å². The van der Waals surface area contributed by atoms with Gasteiger partial charge in [0.25, 0.3) is 0 Å². The molecule has 0 aromatic rings. The Morgan fingerprint density at radius 1 is 1.56 bits per heavy atom. The molecule has 6 heteroatoms. The van der Waals surface area contributed by atoms with Crippen LogP contribution < -0.4 is 0 Å². The average molecular weight is 270 g/mol. The Morgan fingerprint density at radius 2 is 2.11 bits per heavy atom. The van der Waals surface area contributed by atoms with Crippen LogP contribution in [0, 0.1) is 22.7 Å². The molecule has 0 aromatic heterocycles. The molecule has 1 unspecified atom stereocenters. The topological polar surface area (TPSA) is 86.3 Å². The molecule has 0 amide bonds. The van der Waals surface area contributed by atoms with Crippen LogP contribution in [0.2, 0.25) is 0 Å². The Balaban J connectivity index is 5.24. The first-order chi connectivity index (χ1) is 8.21. The number of carbonyl (C=O) groups is 1. The predicted octanol–water partition coefficient (Wildman–Crippen LogP) is 2.66. The van der Waals surface area contributed by atoms with E-state index in [1.165, 1.54) is 6.08 Å². The minimum atomic E-state index is -1.19. The third-order valence-electron chi connectivity index (χ3n) is 1.63. The zero-order chi connectivity index (χ0) is 14.3. The molecule has 0 aliphatic carbocycles. The van der Waals surface area contributed by atoms with Crippen LogP contribution in [-0.4, -0.2) is 23.6 Å². The zero-order valence-electron chi connectivity index (χ0n) is 10.8. The number of ether oxygens (including phenoxy) is 1. The summed E-state index contributed by atoms with van der Waals surface area (Å²) in [5.74, 6) is -1.90. The first-order valence-electron chi connectivity index (χ1n) is 5.24. The molecule has 98 valence electrons. The molecule has 0 heterocycles. The minimum Gasteiger partial charge on any atom is -0.459 e. The van der Waals surface area contributed by atoms with Crippen LogP contribution in [0.15, 0.2) is 16.1 Å². The fourth-order valence-corrected chi connectivity index (χ4v) is 1.19. The summed E-state index contributed by atoms with van der Waals surface area (Å²) in [7, 11) is 0. The van der Waals surface area contributed by atoms with Crippen molar-refractivity contribution in [3.63, 3.8) is 0 Å². The zero-order valence-corrected chi connectivity index (χ0v) is 11.6. The standard InChI is InChI=1S/C12H16ClN3O2/c1-8(13)5-10(16-7-15)9(6-14)11(17)18-12(2,3)4/h5,7,9,15H,1-4H3/b8-5+,15-7?,16-10+. The number of rotatable bonds is 4. The molecule has 0 bridgehead atoms. The highest BCUT2D eigenvalue weighted by Gasteiger charge is 2.28. The molecular formula is C12H16ClN3O2. The highest BCUT2D eigenvalue weighted by molar-refractivity contribution is 6.31. The van der Waals surface area contributed by atoms with E-state index >= 15 is 0 Å². The van der Waals surface area contributed by atoms with E-state index in [9.17, 15) is 4.79 Å². The van der Waals surface area contributed by atoms with Crippen molar-refractivity contribution in [2.75, 3.05) is 0 Å². The van der Waals surface area contributed by atoms with Gasteiger partial charge in [0, 0.05) is 5.03 Å². The second-order valence-electron chi connectivity index (χ2n) is 4.51. The second-order valence-corrected chi connectivity index (χ2v) is 5.11. The quantitative estimate of drug-likeness (QED) is 0.483. The van der Waals surface area contributed by atoms with E-state index in [1.807, 2.05) is 0 Å². The van der Waals surface area contributed by atoms with Gasteiger partial charge in [-0.3, -0.25) is 10.2 Å². The Morgan fingerprint density at radius 3 is 2.44 bits per heavy atom. The van der Waals surface area contributed by atoms with Crippen LogP contribution in [0.4, 0.5) is 0 Å². The first-order valence-corrected chi connectivity index (χ1v) is 5.62. The lowest BCUT2D eigenvalue weighted by Gasteiger charge is -2.21. The molecule has 0 spiro atoms. The van der Waals surface area contributed by atoms with E-state index in [1.54, 1.807) is 33.8 Å². The molecule has 0 saturated carbocycles. The van der Waals surface area contributed by atoms with E-state index in [0.717, 1.165) is 6.34 Å². The number of halogens is 1.